The fourth-order valence-corrected chi connectivity index (χ4v) is 2.94. The lowest BCUT2D eigenvalue weighted by molar-refractivity contribution is -0.126. The first-order chi connectivity index (χ1) is 9.16. The van der Waals surface area contributed by atoms with Gasteiger partial charge in [-0.15, -0.1) is 0 Å². The second-order valence-corrected chi connectivity index (χ2v) is 5.62. The van der Waals surface area contributed by atoms with E-state index in [-0.39, 0.29) is 11.8 Å². The molecule has 0 spiro atoms. The maximum Gasteiger partial charge on any atom is 0.225 e. The lowest BCUT2D eigenvalue weighted by Gasteiger charge is -2.23. The number of benzene rings is 1. The van der Waals surface area contributed by atoms with Crippen molar-refractivity contribution in [3.8, 4) is 0 Å². The molecule has 0 unspecified atom stereocenters. The van der Waals surface area contributed by atoms with Crippen LogP contribution in [0.3, 0.4) is 0 Å². The summed E-state index contributed by atoms with van der Waals surface area (Å²) in [5.74, 6) is -0.0470. The van der Waals surface area contributed by atoms with Gasteiger partial charge in [0.15, 0.2) is 0 Å². The molecule has 4 nitrogen and oxygen atoms in total. The van der Waals surface area contributed by atoms with Crippen LogP contribution >= 0.6 is 0 Å². The van der Waals surface area contributed by atoms with Gasteiger partial charge in [0.05, 0.1) is 18.1 Å². The molecule has 0 saturated carbocycles. The summed E-state index contributed by atoms with van der Waals surface area (Å²) in [5.41, 5.74) is 1.53. The van der Waals surface area contributed by atoms with Gasteiger partial charge in [0.2, 0.25) is 5.91 Å². The second kappa shape index (κ2) is 4.94. The van der Waals surface area contributed by atoms with Crippen LogP contribution in [0.4, 0.5) is 0 Å². The standard InChI is InChI=1S/C15H19NO3/c17-14(13-5-6-19-9-13)16-10-15(18)7-11-3-1-2-4-12(11)8-15/h1-4,13,18H,5-10H2,(H,16,17)/t13-/m0/s1. The highest BCUT2D eigenvalue weighted by atomic mass is 16.5. The molecule has 3 rings (SSSR count). The van der Waals surface area contributed by atoms with Crippen LogP contribution < -0.4 is 5.32 Å². The van der Waals surface area contributed by atoms with Gasteiger partial charge in [0, 0.05) is 26.0 Å². The monoisotopic (exact) mass is 261 g/mol. The average Bonchev–Trinajstić information content (AvgIpc) is 3.02. The Balaban J connectivity index is 1.57. The number of carbonyl (C=O) groups excluding carboxylic acids is 1. The topological polar surface area (TPSA) is 58.6 Å². The molecule has 1 atom stereocenters. The minimum absolute atomic E-state index is 0.00174. The van der Waals surface area contributed by atoms with Gasteiger partial charge in [0.1, 0.15) is 0 Å². The summed E-state index contributed by atoms with van der Waals surface area (Å²) in [6.45, 7) is 1.48. The number of aliphatic hydroxyl groups is 1. The van der Waals surface area contributed by atoms with E-state index in [1.807, 2.05) is 24.3 Å². The molecule has 1 saturated heterocycles. The molecule has 1 aliphatic heterocycles. The lowest BCUT2D eigenvalue weighted by atomic mass is 10.00. The molecule has 4 heteroatoms. The molecular weight excluding hydrogens is 242 g/mol. The van der Waals surface area contributed by atoms with Gasteiger partial charge in [-0.2, -0.15) is 0 Å². The minimum atomic E-state index is -0.835. The molecule has 2 aliphatic rings. The summed E-state index contributed by atoms with van der Waals surface area (Å²) < 4.78 is 5.20. The fraction of sp³-hybridized carbons (Fsp3) is 0.533. The summed E-state index contributed by atoms with van der Waals surface area (Å²) in [6.07, 6.45) is 2.01. The molecule has 1 amide bonds. The van der Waals surface area contributed by atoms with E-state index >= 15 is 0 Å². The number of carbonyl (C=O) groups is 1. The molecule has 1 fully saturated rings. The third-order valence-electron chi connectivity index (χ3n) is 4.05. The zero-order valence-corrected chi connectivity index (χ0v) is 10.9. The van der Waals surface area contributed by atoms with Crippen molar-refractivity contribution in [3.05, 3.63) is 35.4 Å². The van der Waals surface area contributed by atoms with Crippen molar-refractivity contribution >= 4 is 5.91 Å². The number of nitrogens with one attached hydrogen (secondary N) is 1. The van der Waals surface area contributed by atoms with Gasteiger partial charge in [-0.3, -0.25) is 4.79 Å². The van der Waals surface area contributed by atoms with Crippen molar-refractivity contribution in [2.45, 2.75) is 24.9 Å². The van der Waals surface area contributed by atoms with E-state index in [1.165, 1.54) is 11.1 Å². The fourth-order valence-electron chi connectivity index (χ4n) is 2.94. The normalized spacial score (nSPS) is 24.2. The Labute approximate surface area is 112 Å². The highest BCUT2D eigenvalue weighted by Gasteiger charge is 2.36. The molecule has 0 bridgehead atoms. The highest BCUT2D eigenvalue weighted by Crippen LogP contribution is 2.29. The molecule has 1 heterocycles. The van der Waals surface area contributed by atoms with Crippen LogP contribution in [0.2, 0.25) is 0 Å². The van der Waals surface area contributed by atoms with Crippen molar-refractivity contribution in [3.63, 3.8) is 0 Å². The van der Waals surface area contributed by atoms with E-state index < -0.39 is 5.60 Å². The summed E-state index contributed by atoms with van der Waals surface area (Å²) in [6, 6.07) is 8.05. The quantitative estimate of drug-likeness (QED) is 0.841. The Morgan fingerprint density at radius 3 is 2.63 bits per heavy atom. The van der Waals surface area contributed by atoms with Crippen LogP contribution in [0, 0.1) is 5.92 Å². The second-order valence-electron chi connectivity index (χ2n) is 5.62. The van der Waals surface area contributed by atoms with E-state index in [0.717, 1.165) is 6.42 Å². The van der Waals surface area contributed by atoms with E-state index in [0.29, 0.717) is 32.6 Å². The van der Waals surface area contributed by atoms with Crippen LogP contribution in [0.15, 0.2) is 24.3 Å². The zero-order chi connectivity index (χ0) is 13.3. The minimum Gasteiger partial charge on any atom is -0.387 e. The molecule has 102 valence electrons. The van der Waals surface area contributed by atoms with Crippen molar-refractivity contribution in [1.29, 1.82) is 0 Å². The van der Waals surface area contributed by atoms with Crippen molar-refractivity contribution in [2.24, 2.45) is 5.92 Å². The van der Waals surface area contributed by atoms with E-state index in [4.69, 9.17) is 4.74 Å². The van der Waals surface area contributed by atoms with Crippen molar-refractivity contribution < 1.29 is 14.6 Å². The molecule has 1 aromatic carbocycles. The Hall–Kier alpha value is -1.39. The van der Waals surface area contributed by atoms with Gasteiger partial charge < -0.3 is 15.2 Å². The Morgan fingerprint density at radius 1 is 1.37 bits per heavy atom. The van der Waals surface area contributed by atoms with E-state index in [9.17, 15) is 9.90 Å². The van der Waals surface area contributed by atoms with Crippen LogP contribution in [-0.4, -0.2) is 36.4 Å². The van der Waals surface area contributed by atoms with Crippen LogP contribution in [0.5, 0.6) is 0 Å². The van der Waals surface area contributed by atoms with Gasteiger partial charge in [-0.25, -0.2) is 0 Å². The molecular formula is C15H19NO3. The number of hydrogen-bond acceptors (Lipinski definition) is 3. The van der Waals surface area contributed by atoms with Gasteiger partial charge in [-0.05, 0) is 17.5 Å². The predicted octanol–water partition coefficient (Wildman–Crippen LogP) is 0.669. The molecule has 2 N–H and O–H groups in total. The number of fused-ring (bicyclic) bond motifs is 1. The van der Waals surface area contributed by atoms with Crippen LogP contribution in [-0.2, 0) is 22.4 Å². The summed E-state index contributed by atoms with van der Waals surface area (Å²) in [7, 11) is 0. The smallest absolute Gasteiger partial charge is 0.225 e. The lowest BCUT2D eigenvalue weighted by Crippen LogP contribution is -2.45. The first-order valence-electron chi connectivity index (χ1n) is 6.81. The average molecular weight is 261 g/mol. The first kappa shape index (κ1) is 12.6. The Bertz CT molecular complexity index is 455. The molecule has 0 radical (unpaired) electrons. The number of hydrogen-bond donors (Lipinski definition) is 2. The number of rotatable bonds is 3. The Morgan fingerprint density at radius 2 is 2.05 bits per heavy atom. The SMILES string of the molecule is O=C(NCC1(O)Cc2ccccc2C1)[C@H]1CCOC1. The summed E-state index contributed by atoms with van der Waals surface area (Å²) in [5, 5.41) is 13.4. The largest absolute Gasteiger partial charge is 0.387 e. The Kier molecular flexibility index (Phi) is 3.29. The van der Waals surface area contributed by atoms with Crippen LogP contribution in [0.25, 0.3) is 0 Å². The van der Waals surface area contributed by atoms with Crippen molar-refractivity contribution in [2.75, 3.05) is 19.8 Å². The molecule has 1 aromatic rings. The molecule has 1 aliphatic carbocycles. The third-order valence-corrected chi connectivity index (χ3v) is 4.05. The van der Waals surface area contributed by atoms with Crippen LogP contribution in [0.1, 0.15) is 17.5 Å². The van der Waals surface area contributed by atoms with Gasteiger partial charge >= 0.3 is 0 Å². The van der Waals surface area contributed by atoms with Crippen molar-refractivity contribution in [1.82, 2.24) is 5.32 Å². The maximum absolute atomic E-state index is 11.9. The summed E-state index contributed by atoms with van der Waals surface area (Å²) in [4.78, 5) is 11.9. The zero-order valence-electron chi connectivity index (χ0n) is 10.9. The van der Waals surface area contributed by atoms with E-state index in [2.05, 4.69) is 5.32 Å². The molecule has 0 aromatic heterocycles. The van der Waals surface area contributed by atoms with Gasteiger partial charge in [-0.1, -0.05) is 24.3 Å². The molecule has 19 heavy (non-hydrogen) atoms. The summed E-state index contributed by atoms with van der Waals surface area (Å²) >= 11 is 0. The van der Waals surface area contributed by atoms with Gasteiger partial charge in [0.25, 0.3) is 0 Å². The highest BCUT2D eigenvalue weighted by molar-refractivity contribution is 5.79. The maximum atomic E-state index is 11.9. The number of amides is 1. The number of ether oxygens (including phenoxy) is 1. The predicted molar refractivity (Wildman–Crippen MR) is 70.7 cm³/mol. The third kappa shape index (κ3) is 2.65. The first-order valence-corrected chi connectivity index (χ1v) is 6.81. The van der Waals surface area contributed by atoms with E-state index in [1.54, 1.807) is 0 Å².